The molecule has 0 saturated heterocycles. The number of likely N-dealkylation sites (N-methyl/N-ethyl adjacent to an activating group) is 1. The lowest BCUT2D eigenvalue weighted by Crippen LogP contribution is -2.40. The average molecular weight is 412 g/mol. The molecule has 0 atom stereocenters. The van der Waals surface area contributed by atoms with E-state index in [0.717, 1.165) is 25.9 Å². The number of guanidine groups is 1. The van der Waals surface area contributed by atoms with Crippen LogP contribution in [0, 0.1) is 6.92 Å². The number of amides is 1. The van der Waals surface area contributed by atoms with Crippen LogP contribution in [0.25, 0.3) is 10.9 Å². The highest BCUT2D eigenvalue weighted by molar-refractivity contribution is 7.09. The Balaban J connectivity index is 1.59. The number of aromatic amines is 1. The monoisotopic (exact) mass is 411 g/mol. The topological polar surface area (TPSA) is 72.5 Å². The van der Waals surface area contributed by atoms with Crippen LogP contribution in [0.5, 0.6) is 0 Å². The van der Waals surface area contributed by atoms with E-state index in [1.54, 1.807) is 30.3 Å². The molecule has 1 amide bonds. The Hall–Kier alpha value is -2.80. The van der Waals surface area contributed by atoms with Crippen LogP contribution in [0.2, 0.25) is 0 Å². The molecule has 0 aliphatic heterocycles. The molecule has 29 heavy (non-hydrogen) atoms. The molecule has 0 fully saturated rings. The molecule has 3 aromatic rings. The Morgan fingerprint density at radius 2 is 1.86 bits per heavy atom. The maximum absolute atomic E-state index is 11.9. The summed E-state index contributed by atoms with van der Waals surface area (Å²) in [5.41, 5.74) is 3.68. The second kappa shape index (κ2) is 10.1. The van der Waals surface area contributed by atoms with Gasteiger partial charge in [-0.15, -0.1) is 11.3 Å². The lowest BCUT2D eigenvalue weighted by atomic mass is 10.1. The maximum atomic E-state index is 11.9. The van der Waals surface area contributed by atoms with Gasteiger partial charge >= 0.3 is 0 Å². The van der Waals surface area contributed by atoms with E-state index in [2.05, 4.69) is 63.2 Å². The Labute approximate surface area is 176 Å². The maximum Gasteiger partial charge on any atom is 0.243 e. The van der Waals surface area contributed by atoms with Crippen LogP contribution in [0.3, 0.4) is 0 Å². The van der Waals surface area contributed by atoms with Crippen molar-refractivity contribution in [2.24, 2.45) is 4.99 Å². The van der Waals surface area contributed by atoms with Crippen molar-refractivity contribution in [2.45, 2.75) is 19.8 Å². The zero-order valence-electron chi connectivity index (χ0n) is 17.3. The number of hydrogen-bond acceptors (Lipinski definition) is 3. The van der Waals surface area contributed by atoms with Crippen LogP contribution < -0.4 is 10.6 Å². The van der Waals surface area contributed by atoms with Crippen molar-refractivity contribution in [1.82, 2.24) is 20.5 Å². The fourth-order valence-corrected chi connectivity index (χ4v) is 3.89. The van der Waals surface area contributed by atoms with Gasteiger partial charge in [-0.2, -0.15) is 0 Å². The molecule has 1 aromatic carbocycles. The van der Waals surface area contributed by atoms with Crippen molar-refractivity contribution in [2.75, 3.05) is 33.7 Å². The largest absolute Gasteiger partial charge is 0.358 e. The van der Waals surface area contributed by atoms with E-state index >= 15 is 0 Å². The van der Waals surface area contributed by atoms with Crippen LogP contribution in [0.15, 0.2) is 46.8 Å². The lowest BCUT2D eigenvalue weighted by molar-refractivity contribution is -0.127. The van der Waals surface area contributed by atoms with Crippen molar-refractivity contribution < 1.29 is 4.79 Å². The van der Waals surface area contributed by atoms with Crippen LogP contribution in [0.4, 0.5) is 0 Å². The summed E-state index contributed by atoms with van der Waals surface area (Å²) >= 11 is 1.75. The van der Waals surface area contributed by atoms with Crippen LogP contribution in [-0.2, 0) is 17.6 Å². The number of fused-ring (bicyclic) bond motifs is 1. The smallest absolute Gasteiger partial charge is 0.243 e. The number of hydrogen-bond donors (Lipinski definition) is 3. The lowest BCUT2D eigenvalue weighted by Gasteiger charge is -2.14. The third-order valence-corrected chi connectivity index (χ3v) is 5.75. The van der Waals surface area contributed by atoms with Gasteiger partial charge in [0.1, 0.15) is 6.54 Å². The van der Waals surface area contributed by atoms with Crippen molar-refractivity contribution in [3.05, 3.63) is 57.9 Å². The normalized spacial score (nSPS) is 11.6. The first-order chi connectivity index (χ1) is 14.0. The number of aromatic nitrogens is 1. The van der Waals surface area contributed by atoms with E-state index in [0.29, 0.717) is 5.96 Å². The second-order valence-electron chi connectivity index (χ2n) is 7.16. The van der Waals surface area contributed by atoms with Gasteiger partial charge in [0.25, 0.3) is 0 Å². The molecule has 3 N–H and O–H groups in total. The summed E-state index contributed by atoms with van der Waals surface area (Å²) < 4.78 is 0. The average Bonchev–Trinajstić information content (AvgIpc) is 3.33. The zero-order chi connectivity index (χ0) is 20.6. The Morgan fingerprint density at radius 3 is 2.59 bits per heavy atom. The van der Waals surface area contributed by atoms with Crippen LogP contribution >= 0.6 is 11.3 Å². The molecule has 0 bridgehead atoms. The van der Waals surface area contributed by atoms with Crippen LogP contribution in [-0.4, -0.2) is 55.5 Å². The van der Waals surface area contributed by atoms with Crippen molar-refractivity contribution in [3.63, 3.8) is 0 Å². The van der Waals surface area contributed by atoms with E-state index in [1.807, 2.05) is 6.07 Å². The minimum atomic E-state index is -0.0168. The molecular weight excluding hydrogens is 382 g/mol. The Bertz CT molecular complexity index is 959. The standard InChI is InChI=1S/C22H29N5OS/c1-16-18(19-8-4-5-9-20(19)26-16)11-13-24-22(25-15-21(28)27(2)3)23-12-10-17-7-6-14-29-17/h4-9,14,26H,10-13,15H2,1-3H3,(H2,23,24,25). The van der Waals surface area contributed by atoms with Gasteiger partial charge in [-0.25, -0.2) is 4.99 Å². The summed E-state index contributed by atoms with van der Waals surface area (Å²) in [5, 5.41) is 10.1. The number of H-pyrrole nitrogens is 1. The highest BCUT2D eigenvalue weighted by atomic mass is 32.1. The predicted molar refractivity (Wildman–Crippen MR) is 122 cm³/mol. The number of aryl methyl sites for hydroxylation is 1. The number of aliphatic imine (C=N–C) groups is 1. The summed E-state index contributed by atoms with van der Waals surface area (Å²) in [6.45, 7) is 3.76. The molecule has 7 heteroatoms. The highest BCUT2D eigenvalue weighted by Gasteiger charge is 2.09. The molecule has 0 saturated carbocycles. The summed E-state index contributed by atoms with van der Waals surface area (Å²) in [5.74, 6) is 0.658. The number of carbonyl (C=O) groups is 1. The van der Waals surface area contributed by atoms with Gasteiger partial charge < -0.3 is 20.5 Å². The Morgan fingerprint density at radius 1 is 1.10 bits per heavy atom. The minimum Gasteiger partial charge on any atom is -0.358 e. The van der Waals surface area contributed by atoms with Crippen molar-refractivity contribution >= 4 is 34.1 Å². The van der Waals surface area contributed by atoms with Gasteiger partial charge in [0.15, 0.2) is 5.96 Å². The minimum absolute atomic E-state index is 0.0168. The molecule has 0 unspecified atom stereocenters. The van der Waals surface area contributed by atoms with E-state index in [-0.39, 0.29) is 12.5 Å². The zero-order valence-corrected chi connectivity index (χ0v) is 18.1. The van der Waals surface area contributed by atoms with Crippen molar-refractivity contribution in [3.8, 4) is 0 Å². The molecule has 2 aromatic heterocycles. The number of carbonyl (C=O) groups excluding carboxylic acids is 1. The summed E-state index contributed by atoms with van der Waals surface area (Å²) in [6, 6.07) is 12.6. The molecular formula is C22H29N5OS. The number of nitrogens with zero attached hydrogens (tertiary/aromatic N) is 2. The number of nitrogens with one attached hydrogen (secondary N) is 3. The Kier molecular flexibility index (Phi) is 7.30. The third-order valence-electron chi connectivity index (χ3n) is 4.81. The van der Waals surface area contributed by atoms with E-state index in [9.17, 15) is 4.79 Å². The van der Waals surface area contributed by atoms with Gasteiger partial charge in [-0.05, 0) is 42.8 Å². The first kappa shape index (κ1) is 20.9. The summed E-state index contributed by atoms with van der Waals surface area (Å²) in [6.07, 6.45) is 1.81. The molecule has 154 valence electrons. The van der Waals surface area contributed by atoms with Gasteiger partial charge in [0.05, 0.1) is 0 Å². The number of para-hydroxylation sites is 1. The van der Waals surface area contributed by atoms with Gasteiger partial charge in [0.2, 0.25) is 5.91 Å². The summed E-state index contributed by atoms with van der Waals surface area (Å²) in [7, 11) is 3.49. The van der Waals surface area contributed by atoms with E-state index in [1.165, 1.54) is 27.0 Å². The first-order valence-electron chi connectivity index (χ1n) is 9.85. The highest BCUT2D eigenvalue weighted by Crippen LogP contribution is 2.21. The predicted octanol–water partition coefficient (Wildman–Crippen LogP) is 2.95. The quantitative estimate of drug-likeness (QED) is 0.394. The second-order valence-corrected chi connectivity index (χ2v) is 8.19. The molecule has 3 rings (SSSR count). The van der Waals surface area contributed by atoms with E-state index < -0.39 is 0 Å². The van der Waals surface area contributed by atoms with Gasteiger partial charge in [0, 0.05) is 48.7 Å². The van der Waals surface area contributed by atoms with Crippen molar-refractivity contribution in [1.29, 1.82) is 0 Å². The molecule has 0 radical (unpaired) electrons. The number of thiophene rings is 1. The fraction of sp³-hybridized carbons (Fsp3) is 0.364. The molecule has 0 spiro atoms. The molecule has 6 nitrogen and oxygen atoms in total. The fourth-order valence-electron chi connectivity index (χ4n) is 3.18. The SMILES string of the molecule is Cc1[nH]c2ccccc2c1CCNC(=NCC(=O)N(C)C)NCCc1cccs1. The van der Waals surface area contributed by atoms with Gasteiger partial charge in [-0.1, -0.05) is 24.3 Å². The van der Waals surface area contributed by atoms with Crippen LogP contribution in [0.1, 0.15) is 16.1 Å². The molecule has 0 aliphatic carbocycles. The summed E-state index contributed by atoms with van der Waals surface area (Å²) in [4.78, 5) is 22.7. The van der Waals surface area contributed by atoms with Gasteiger partial charge in [-0.3, -0.25) is 4.79 Å². The van der Waals surface area contributed by atoms with E-state index in [4.69, 9.17) is 0 Å². The number of benzene rings is 1. The number of rotatable bonds is 8. The molecule has 0 aliphatic rings. The third kappa shape index (κ3) is 5.84. The first-order valence-corrected chi connectivity index (χ1v) is 10.7. The molecule has 2 heterocycles.